The minimum Gasteiger partial charge on any atom is -0.508 e. The van der Waals surface area contributed by atoms with E-state index in [4.69, 9.17) is 22.2 Å². The van der Waals surface area contributed by atoms with Gasteiger partial charge in [0, 0.05) is 22.3 Å². The summed E-state index contributed by atoms with van der Waals surface area (Å²) >= 11 is 5.97. The molecule has 5 N–H and O–H groups in total. The number of fused-ring (bicyclic) bond motifs is 1. The van der Waals surface area contributed by atoms with Crippen molar-refractivity contribution in [3.05, 3.63) is 88.4 Å². The quantitative estimate of drug-likeness (QED) is 0.139. The maximum atomic E-state index is 13.6. The van der Waals surface area contributed by atoms with E-state index in [1.807, 2.05) is 0 Å². The zero-order valence-electron chi connectivity index (χ0n) is 17.4. The Morgan fingerprint density at radius 2 is 1.82 bits per heavy atom. The fourth-order valence-electron chi connectivity index (χ4n) is 3.76. The number of esters is 1. The van der Waals surface area contributed by atoms with Crippen LogP contribution in [-0.2, 0) is 9.53 Å². The summed E-state index contributed by atoms with van der Waals surface area (Å²) in [6.07, 6.45) is -1.24. The molecule has 9 nitrogen and oxygen atoms in total. The molecule has 2 atom stereocenters. The highest BCUT2D eigenvalue weighted by molar-refractivity contribution is 6.47. The first-order valence-corrected chi connectivity index (χ1v) is 10.4. The number of phenols is 2. The van der Waals surface area contributed by atoms with Gasteiger partial charge in [0.15, 0.2) is 5.78 Å². The van der Waals surface area contributed by atoms with Gasteiger partial charge in [0.2, 0.25) is 0 Å². The second kappa shape index (κ2) is 9.24. The summed E-state index contributed by atoms with van der Waals surface area (Å²) in [5.41, 5.74) is 0.251. The first kappa shape index (κ1) is 22.8. The molecule has 1 heterocycles. The smallest absolute Gasteiger partial charge is 0.339 e. The van der Waals surface area contributed by atoms with Crippen molar-refractivity contribution in [2.75, 3.05) is 5.32 Å². The van der Waals surface area contributed by atoms with Crippen LogP contribution in [0.1, 0.15) is 32.4 Å². The summed E-state index contributed by atoms with van der Waals surface area (Å²) in [4.78, 5) is 39.2. The molecule has 0 saturated carbocycles. The van der Waals surface area contributed by atoms with Gasteiger partial charge in [-0.05, 0) is 36.4 Å². The van der Waals surface area contributed by atoms with Crippen molar-refractivity contribution in [2.45, 2.75) is 6.10 Å². The van der Waals surface area contributed by atoms with Gasteiger partial charge in [-0.3, -0.25) is 9.59 Å². The van der Waals surface area contributed by atoms with E-state index in [0.29, 0.717) is 16.3 Å². The Hall–Kier alpha value is -4.37. The van der Waals surface area contributed by atoms with Crippen LogP contribution in [0.4, 0.5) is 5.69 Å². The summed E-state index contributed by atoms with van der Waals surface area (Å²) in [7, 11) is 0. The van der Waals surface area contributed by atoms with Crippen molar-refractivity contribution >= 4 is 40.7 Å². The number of ether oxygens (including phenoxy) is 1. The Morgan fingerprint density at radius 3 is 2.53 bits per heavy atom. The molecule has 4 rings (SSSR count). The highest BCUT2D eigenvalue weighted by Gasteiger charge is 2.45. The molecule has 34 heavy (non-hydrogen) atoms. The number of carbonyl (C=O) groups excluding carboxylic acids is 3. The van der Waals surface area contributed by atoms with Crippen LogP contribution < -0.4 is 11.2 Å². The van der Waals surface area contributed by atoms with Gasteiger partial charge in [-0.15, -0.1) is 0 Å². The number of anilines is 1. The van der Waals surface area contributed by atoms with Crippen LogP contribution in [0.2, 0.25) is 5.02 Å². The molecule has 3 aromatic rings. The molecule has 0 saturated heterocycles. The number of cyclic esters (lactones) is 1. The lowest BCUT2D eigenvalue weighted by Gasteiger charge is -2.23. The van der Waals surface area contributed by atoms with E-state index >= 15 is 0 Å². The molecular weight excluding hydrogens is 462 g/mol. The number of nitrogens with one attached hydrogen (secondary N) is 1. The van der Waals surface area contributed by atoms with Crippen LogP contribution in [-0.4, -0.2) is 33.6 Å². The molecule has 10 heteroatoms. The predicted molar refractivity (Wildman–Crippen MR) is 124 cm³/mol. The SMILES string of the molecule is N/N=C(/C(=O)Nc1cccc(Cl)c1)[C@H](C(=O)c1ccc(O)cc1O)[C@H]1OC(=O)c2ccccc21. The van der Waals surface area contributed by atoms with E-state index in [2.05, 4.69) is 10.4 Å². The Labute approximate surface area is 198 Å². The van der Waals surface area contributed by atoms with E-state index in [1.165, 1.54) is 24.3 Å². The van der Waals surface area contributed by atoms with Gasteiger partial charge in [-0.2, -0.15) is 5.10 Å². The summed E-state index contributed by atoms with van der Waals surface area (Å²) in [6, 6.07) is 16.1. The number of nitrogens with two attached hydrogens (primary N) is 1. The highest BCUT2D eigenvalue weighted by atomic mass is 35.5. The van der Waals surface area contributed by atoms with Crippen molar-refractivity contribution in [1.29, 1.82) is 0 Å². The van der Waals surface area contributed by atoms with Crippen LogP contribution >= 0.6 is 11.6 Å². The lowest BCUT2D eigenvalue weighted by Crippen LogP contribution is -2.39. The van der Waals surface area contributed by atoms with Crippen molar-refractivity contribution in [3.8, 4) is 11.5 Å². The molecule has 0 unspecified atom stereocenters. The average molecular weight is 480 g/mol. The van der Waals surface area contributed by atoms with Crippen LogP contribution in [0.5, 0.6) is 11.5 Å². The summed E-state index contributed by atoms with van der Waals surface area (Å²) in [5, 5.41) is 26.4. The van der Waals surface area contributed by atoms with Crippen LogP contribution in [0, 0.1) is 5.92 Å². The lowest BCUT2D eigenvalue weighted by atomic mass is 9.84. The van der Waals surface area contributed by atoms with Crippen molar-refractivity contribution < 1.29 is 29.3 Å². The van der Waals surface area contributed by atoms with Gasteiger partial charge in [-0.25, -0.2) is 4.79 Å². The maximum Gasteiger partial charge on any atom is 0.339 e. The van der Waals surface area contributed by atoms with Crippen molar-refractivity contribution in [2.24, 2.45) is 16.9 Å². The zero-order chi connectivity index (χ0) is 24.4. The van der Waals surface area contributed by atoms with E-state index in [0.717, 1.165) is 6.07 Å². The van der Waals surface area contributed by atoms with E-state index < -0.39 is 41.1 Å². The molecule has 0 bridgehead atoms. The average Bonchev–Trinajstić information content (AvgIpc) is 3.13. The summed E-state index contributed by atoms with van der Waals surface area (Å²) in [5.74, 6) is 0.953. The Bertz CT molecular complexity index is 1340. The number of halogens is 1. The summed E-state index contributed by atoms with van der Waals surface area (Å²) < 4.78 is 5.47. The van der Waals surface area contributed by atoms with E-state index in [9.17, 15) is 24.6 Å². The molecule has 0 radical (unpaired) electrons. The minimum atomic E-state index is -1.51. The number of Topliss-reactive ketones (excluding diaryl/α,β-unsaturated/α-hetero) is 1. The van der Waals surface area contributed by atoms with Gasteiger partial charge in [0.25, 0.3) is 5.91 Å². The third-order valence-electron chi connectivity index (χ3n) is 5.30. The number of amides is 1. The van der Waals surface area contributed by atoms with Gasteiger partial charge < -0.3 is 26.1 Å². The third-order valence-corrected chi connectivity index (χ3v) is 5.54. The summed E-state index contributed by atoms with van der Waals surface area (Å²) in [6.45, 7) is 0. The maximum absolute atomic E-state index is 13.6. The number of aromatic hydroxyl groups is 2. The fourth-order valence-corrected chi connectivity index (χ4v) is 3.95. The molecule has 1 amide bonds. The number of ketones is 1. The second-order valence-electron chi connectivity index (χ2n) is 7.44. The lowest BCUT2D eigenvalue weighted by molar-refractivity contribution is -0.110. The second-order valence-corrected chi connectivity index (χ2v) is 7.87. The number of hydrogen-bond acceptors (Lipinski definition) is 8. The van der Waals surface area contributed by atoms with Crippen LogP contribution in [0.3, 0.4) is 0 Å². The Kier molecular flexibility index (Phi) is 6.20. The number of carbonyl (C=O) groups is 3. The number of benzene rings is 3. The highest BCUT2D eigenvalue weighted by Crippen LogP contribution is 2.39. The normalized spacial score (nSPS) is 15.9. The van der Waals surface area contributed by atoms with Crippen LogP contribution in [0.15, 0.2) is 71.8 Å². The molecular formula is C24H18ClN3O6. The van der Waals surface area contributed by atoms with E-state index in [1.54, 1.807) is 36.4 Å². The third kappa shape index (κ3) is 4.28. The number of nitrogens with zero attached hydrogens (tertiary/aromatic N) is 1. The molecule has 0 aromatic heterocycles. The van der Waals surface area contributed by atoms with Gasteiger partial charge in [0.1, 0.15) is 29.2 Å². The number of rotatable bonds is 6. The molecule has 1 aliphatic rings. The molecule has 3 aromatic carbocycles. The largest absolute Gasteiger partial charge is 0.508 e. The first-order valence-electron chi connectivity index (χ1n) is 10.0. The molecule has 0 fully saturated rings. The van der Waals surface area contributed by atoms with E-state index in [-0.39, 0.29) is 16.9 Å². The predicted octanol–water partition coefficient (Wildman–Crippen LogP) is 3.42. The molecule has 172 valence electrons. The minimum absolute atomic E-state index is 0.222. The topological polar surface area (TPSA) is 151 Å². The number of phenolic OH excluding ortho intramolecular Hbond substituents is 2. The molecule has 1 aliphatic heterocycles. The van der Waals surface area contributed by atoms with Crippen LogP contribution in [0.25, 0.3) is 0 Å². The molecule has 0 aliphatic carbocycles. The van der Waals surface area contributed by atoms with Gasteiger partial charge >= 0.3 is 5.97 Å². The number of hydrazone groups is 1. The van der Waals surface area contributed by atoms with Crippen molar-refractivity contribution in [3.63, 3.8) is 0 Å². The fraction of sp³-hybridized carbons (Fsp3) is 0.0833. The van der Waals surface area contributed by atoms with Gasteiger partial charge in [0.05, 0.1) is 11.1 Å². The number of hydrogen-bond donors (Lipinski definition) is 4. The molecule has 0 spiro atoms. The van der Waals surface area contributed by atoms with Crippen molar-refractivity contribution in [1.82, 2.24) is 0 Å². The first-order chi connectivity index (χ1) is 16.3. The monoisotopic (exact) mass is 479 g/mol. The standard InChI is InChI=1S/C24H18ClN3O6/c25-12-4-3-5-13(10-12)27-23(32)20(28-26)19(21(31)17-9-8-14(29)11-18(17)30)22-15-6-1-2-7-16(15)24(33)34-22/h1-11,19,22,29-30H,26H2,(H,27,32)/b28-20+/t19-,22+/m1/s1. The Balaban J connectivity index is 1.79. The Morgan fingerprint density at radius 1 is 1.06 bits per heavy atom. The zero-order valence-corrected chi connectivity index (χ0v) is 18.2. The van der Waals surface area contributed by atoms with Gasteiger partial charge in [-0.1, -0.05) is 35.9 Å².